The highest BCUT2D eigenvalue weighted by Crippen LogP contribution is 2.27. The van der Waals surface area contributed by atoms with Crippen molar-refractivity contribution in [1.82, 2.24) is 15.5 Å². The van der Waals surface area contributed by atoms with Crippen molar-refractivity contribution in [2.24, 2.45) is 0 Å². The van der Waals surface area contributed by atoms with E-state index in [1.165, 1.54) is 32.1 Å². The summed E-state index contributed by atoms with van der Waals surface area (Å²) >= 11 is 0. The van der Waals surface area contributed by atoms with Gasteiger partial charge in [-0.25, -0.2) is 4.79 Å². The number of amides is 2. The van der Waals surface area contributed by atoms with Crippen molar-refractivity contribution in [3.63, 3.8) is 0 Å². The Balaban J connectivity index is 1.85. The molecule has 1 aliphatic carbocycles. The van der Waals surface area contributed by atoms with E-state index >= 15 is 0 Å². The van der Waals surface area contributed by atoms with Gasteiger partial charge in [-0.1, -0.05) is 6.42 Å². The minimum absolute atomic E-state index is 0.120. The van der Waals surface area contributed by atoms with Crippen molar-refractivity contribution < 1.29 is 4.79 Å². The van der Waals surface area contributed by atoms with Crippen LogP contribution in [0.2, 0.25) is 0 Å². The van der Waals surface area contributed by atoms with Gasteiger partial charge < -0.3 is 15.5 Å². The van der Waals surface area contributed by atoms with Gasteiger partial charge in [-0.05, 0) is 46.1 Å². The van der Waals surface area contributed by atoms with Crippen molar-refractivity contribution in [2.75, 3.05) is 13.1 Å². The first-order valence-electron chi connectivity index (χ1n) is 6.97. The molecule has 0 radical (unpaired) electrons. The zero-order chi connectivity index (χ0) is 12.3. The van der Waals surface area contributed by atoms with Gasteiger partial charge in [0, 0.05) is 24.7 Å². The largest absolute Gasteiger partial charge is 0.336 e. The molecule has 4 nitrogen and oxygen atoms in total. The predicted molar refractivity (Wildman–Crippen MR) is 69.0 cm³/mol. The Bertz CT molecular complexity index is 257. The number of piperidine rings is 1. The molecule has 1 heterocycles. The zero-order valence-electron chi connectivity index (χ0n) is 11.0. The third-order valence-corrected chi connectivity index (χ3v) is 3.49. The van der Waals surface area contributed by atoms with Gasteiger partial charge in [0.15, 0.2) is 0 Å². The van der Waals surface area contributed by atoms with E-state index < -0.39 is 0 Å². The second-order valence-corrected chi connectivity index (χ2v) is 5.63. The summed E-state index contributed by atoms with van der Waals surface area (Å²) in [5, 5.41) is 6.53. The summed E-state index contributed by atoms with van der Waals surface area (Å²) in [6, 6.07) is 1.35. The molecule has 0 bridgehead atoms. The van der Waals surface area contributed by atoms with E-state index in [4.69, 9.17) is 0 Å². The summed E-state index contributed by atoms with van der Waals surface area (Å²) in [5.74, 6) is 0. The molecule has 0 spiro atoms. The monoisotopic (exact) mass is 239 g/mol. The Labute approximate surface area is 104 Å². The van der Waals surface area contributed by atoms with E-state index in [0.29, 0.717) is 12.1 Å². The maximum absolute atomic E-state index is 12.1. The minimum atomic E-state index is 0.120. The van der Waals surface area contributed by atoms with Crippen LogP contribution in [0.4, 0.5) is 4.79 Å². The number of rotatable bonds is 4. The number of carbonyl (C=O) groups excluding carboxylic acids is 1. The summed E-state index contributed by atoms with van der Waals surface area (Å²) in [6.45, 7) is 6.02. The van der Waals surface area contributed by atoms with Gasteiger partial charge in [0.1, 0.15) is 0 Å². The number of urea groups is 1. The van der Waals surface area contributed by atoms with Gasteiger partial charge in [-0.3, -0.25) is 0 Å². The fourth-order valence-corrected chi connectivity index (χ4v) is 2.43. The third kappa shape index (κ3) is 3.87. The molecule has 1 unspecified atom stereocenters. The van der Waals surface area contributed by atoms with E-state index in [9.17, 15) is 4.79 Å². The molecule has 2 N–H and O–H groups in total. The van der Waals surface area contributed by atoms with Crippen LogP contribution in [-0.4, -0.2) is 42.1 Å². The fraction of sp³-hybridized carbons (Fsp3) is 0.923. The summed E-state index contributed by atoms with van der Waals surface area (Å²) in [4.78, 5) is 14.1. The molecule has 2 amide bonds. The first-order chi connectivity index (χ1) is 8.16. The lowest BCUT2D eigenvalue weighted by Gasteiger charge is -2.31. The van der Waals surface area contributed by atoms with Gasteiger partial charge >= 0.3 is 6.03 Å². The molecule has 0 aromatic carbocycles. The van der Waals surface area contributed by atoms with Gasteiger partial charge in [-0.15, -0.1) is 0 Å². The normalized spacial score (nSPS) is 24.8. The Hall–Kier alpha value is -0.770. The highest BCUT2D eigenvalue weighted by atomic mass is 16.2. The fourth-order valence-electron chi connectivity index (χ4n) is 2.43. The van der Waals surface area contributed by atoms with Crippen LogP contribution in [0.1, 0.15) is 46.0 Å². The lowest BCUT2D eigenvalue weighted by atomic mass is 10.0. The molecular weight excluding hydrogens is 214 g/mol. The molecule has 0 aromatic rings. The van der Waals surface area contributed by atoms with Crippen LogP contribution in [0.3, 0.4) is 0 Å². The minimum Gasteiger partial charge on any atom is -0.336 e. The second kappa shape index (κ2) is 5.71. The standard InChI is InChI=1S/C13H25N3O/c1-10(2)15-13(17)16(12-6-7-12)9-11-5-3-4-8-14-11/h10-12,14H,3-9H2,1-2H3,(H,15,17). The van der Waals surface area contributed by atoms with Crippen molar-refractivity contribution in [3.8, 4) is 0 Å². The van der Waals surface area contributed by atoms with Crippen LogP contribution < -0.4 is 10.6 Å². The zero-order valence-corrected chi connectivity index (χ0v) is 11.0. The number of carbonyl (C=O) groups is 1. The van der Waals surface area contributed by atoms with E-state index in [0.717, 1.165) is 13.1 Å². The molecule has 2 rings (SSSR count). The average Bonchev–Trinajstić information content (AvgIpc) is 3.10. The van der Waals surface area contributed by atoms with E-state index in [1.807, 2.05) is 18.7 Å². The van der Waals surface area contributed by atoms with Crippen LogP contribution in [0, 0.1) is 0 Å². The van der Waals surface area contributed by atoms with Crippen LogP contribution in [0.25, 0.3) is 0 Å². The van der Waals surface area contributed by atoms with E-state index in [2.05, 4.69) is 10.6 Å². The molecule has 0 aromatic heterocycles. The van der Waals surface area contributed by atoms with Gasteiger partial charge in [-0.2, -0.15) is 0 Å². The Morgan fingerprint density at radius 1 is 1.35 bits per heavy atom. The van der Waals surface area contributed by atoms with Crippen LogP contribution in [0.5, 0.6) is 0 Å². The molecule has 2 aliphatic rings. The number of nitrogens with zero attached hydrogens (tertiary/aromatic N) is 1. The van der Waals surface area contributed by atoms with Crippen LogP contribution in [-0.2, 0) is 0 Å². The van der Waals surface area contributed by atoms with Gasteiger partial charge in [0.2, 0.25) is 0 Å². The number of hydrogen-bond donors (Lipinski definition) is 2. The molecular formula is C13H25N3O. The number of nitrogens with one attached hydrogen (secondary N) is 2. The Kier molecular flexibility index (Phi) is 4.26. The Morgan fingerprint density at radius 2 is 2.12 bits per heavy atom. The smallest absolute Gasteiger partial charge is 0.317 e. The van der Waals surface area contributed by atoms with Gasteiger partial charge in [0.05, 0.1) is 0 Å². The SMILES string of the molecule is CC(C)NC(=O)N(CC1CCCCN1)C1CC1. The summed E-state index contributed by atoms with van der Waals surface area (Å²) in [5.41, 5.74) is 0. The molecule has 1 saturated carbocycles. The van der Waals surface area contributed by atoms with Crippen LogP contribution in [0.15, 0.2) is 0 Å². The average molecular weight is 239 g/mol. The third-order valence-electron chi connectivity index (χ3n) is 3.49. The highest BCUT2D eigenvalue weighted by Gasteiger charge is 2.34. The first kappa shape index (κ1) is 12.7. The summed E-state index contributed by atoms with van der Waals surface area (Å²) < 4.78 is 0. The van der Waals surface area contributed by atoms with Crippen molar-refractivity contribution in [2.45, 2.75) is 64.1 Å². The molecule has 1 atom stereocenters. The van der Waals surface area contributed by atoms with E-state index in [1.54, 1.807) is 0 Å². The molecule has 1 aliphatic heterocycles. The van der Waals surface area contributed by atoms with Crippen molar-refractivity contribution in [3.05, 3.63) is 0 Å². The lowest BCUT2D eigenvalue weighted by Crippen LogP contribution is -2.50. The van der Waals surface area contributed by atoms with Gasteiger partial charge in [0.25, 0.3) is 0 Å². The molecule has 17 heavy (non-hydrogen) atoms. The topological polar surface area (TPSA) is 44.4 Å². The first-order valence-corrected chi connectivity index (χ1v) is 6.97. The number of hydrogen-bond acceptors (Lipinski definition) is 2. The van der Waals surface area contributed by atoms with Crippen LogP contribution >= 0.6 is 0 Å². The molecule has 1 saturated heterocycles. The summed E-state index contributed by atoms with van der Waals surface area (Å²) in [6.07, 6.45) is 6.13. The maximum Gasteiger partial charge on any atom is 0.317 e. The quantitative estimate of drug-likeness (QED) is 0.784. The maximum atomic E-state index is 12.1. The Morgan fingerprint density at radius 3 is 2.65 bits per heavy atom. The lowest BCUT2D eigenvalue weighted by molar-refractivity contribution is 0.180. The predicted octanol–water partition coefficient (Wildman–Crippen LogP) is 1.71. The highest BCUT2D eigenvalue weighted by molar-refractivity contribution is 5.75. The second-order valence-electron chi connectivity index (χ2n) is 5.63. The van der Waals surface area contributed by atoms with Crippen molar-refractivity contribution in [1.29, 1.82) is 0 Å². The van der Waals surface area contributed by atoms with E-state index in [-0.39, 0.29) is 12.1 Å². The summed E-state index contributed by atoms with van der Waals surface area (Å²) in [7, 11) is 0. The molecule has 4 heteroatoms. The van der Waals surface area contributed by atoms with Crippen molar-refractivity contribution >= 4 is 6.03 Å². The molecule has 98 valence electrons. The molecule has 2 fully saturated rings.